The molecule has 0 saturated heterocycles. The van der Waals surface area contributed by atoms with Gasteiger partial charge in [0.25, 0.3) is 0 Å². The van der Waals surface area contributed by atoms with Gasteiger partial charge in [0.15, 0.2) is 0 Å². The average Bonchev–Trinajstić information content (AvgIpc) is 2.06. The van der Waals surface area contributed by atoms with E-state index in [2.05, 4.69) is 0 Å². The van der Waals surface area contributed by atoms with Crippen LogP contribution in [0.15, 0.2) is 30.3 Å². The Labute approximate surface area is 82.6 Å². The number of hydrogen-bond acceptors (Lipinski definition) is 2. The van der Waals surface area contributed by atoms with Gasteiger partial charge in [0.2, 0.25) is 0 Å². The van der Waals surface area contributed by atoms with Crippen molar-refractivity contribution in [2.75, 3.05) is 0 Å². The largest absolute Gasteiger partial charge is 1.00 e. The molecule has 2 nitrogen and oxygen atoms in total. The van der Waals surface area contributed by atoms with Gasteiger partial charge in [0.1, 0.15) is 0 Å². The van der Waals surface area contributed by atoms with Crippen molar-refractivity contribution in [3.63, 3.8) is 0 Å². The zero-order valence-corrected chi connectivity index (χ0v) is 7.40. The number of hydrogen-bond donors (Lipinski definition) is 1. The van der Waals surface area contributed by atoms with E-state index in [-0.39, 0.29) is 17.1 Å². The molecule has 3 heteroatoms. The molecular formula is C9H10CuNO. The van der Waals surface area contributed by atoms with Crippen LogP contribution in [0.25, 0.3) is 0 Å². The van der Waals surface area contributed by atoms with E-state index in [0.29, 0.717) is 6.42 Å². The summed E-state index contributed by atoms with van der Waals surface area (Å²) in [7, 11) is 0. The van der Waals surface area contributed by atoms with E-state index in [1.165, 1.54) is 0 Å². The van der Waals surface area contributed by atoms with Crippen LogP contribution in [0.3, 0.4) is 0 Å². The number of carbonyl (C=O) groups excluding carboxylic acids is 1. The third-order valence-electron chi connectivity index (χ3n) is 1.45. The summed E-state index contributed by atoms with van der Waals surface area (Å²) < 4.78 is 0. The molecule has 0 aromatic heterocycles. The number of benzene rings is 1. The van der Waals surface area contributed by atoms with E-state index in [4.69, 9.17) is 5.73 Å². The zero-order valence-electron chi connectivity index (χ0n) is 6.46. The summed E-state index contributed by atoms with van der Waals surface area (Å²) in [4.78, 5) is 10.1. The van der Waals surface area contributed by atoms with Crippen LogP contribution in [0.1, 0.15) is 5.56 Å². The summed E-state index contributed by atoms with van der Waals surface area (Å²) in [5, 5.41) is 0. The molecule has 0 saturated carbocycles. The van der Waals surface area contributed by atoms with E-state index >= 15 is 0 Å². The van der Waals surface area contributed by atoms with Crippen LogP contribution < -0.4 is 5.73 Å². The summed E-state index contributed by atoms with van der Waals surface area (Å²) >= 11 is 0. The molecular weight excluding hydrogens is 202 g/mol. The van der Waals surface area contributed by atoms with Crippen LogP contribution in [0.4, 0.5) is 0 Å². The molecule has 0 aliphatic rings. The SMILES string of the molecule is N[C@H]([C-]=O)Cc1ccccc1.[Cu+]. The molecule has 1 rings (SSSR count). The molecule has 1 aromatic carbocycles. The fourth-order valence-corrected chi connectivity index (χ4v) is 0.910. The summed E-state index contributed by atoms with van der Waals surface area (Å²) in [5.74, 6) is 0. The first-order chi connectivity index (χ1) is 5.33. The molecule has 0 unspecified atom stereocenters. The van der Waals surface area contributed by atoms with Crippen LogP contribution in [0.2, 0.25) is 0 Å². The quantitative estimate of drug-likeness (QED) is 0.590. The van der Waals surface area contributed by atoms with Crippen molar-refractivity contribution in [2.24, 2.45) is 5.73 Å². The average molecular weight is 212 g/mol. The Morgan fingerprint density at radius 2 is 1.92 bits per heavy atom. The molecule has 0 fully saturated rings. The Balaban J connectivity index is 0.00000121. The van der Waals surface area contributed by atoms with Gasteiger partial charge in [-0.1, -0.05) is 36.4 Å². The second-order valence-corrected chi connectivity index (χ2v) is 2.41. The minimum absolute atomic E-state index is 0. The van der Waals surface area contributed by atoms with Gasteiger partial charge in [-0.25, -0.2) is 6.29 Å². The standard InChI is InChI=1S/C9H10NO.Cu/c10-9(7-11)6-8-4-2-1-3-5-8;/h1-5,9H,6,10H2;/q-1;+1/t9-;/m0./s1. The van der Waals surface area contributed by atoms with Crippen LogP contribution in [-0.2, 0) is 28.3 Å². The van der Waals surface area contributed by atoms with Gasteiger partial charge in [0.05, 0.1) is 0 Å². The summed E-state index contributed by atoms with van der Waals surface area (Å²) in [6.45, 7) is 0. The molecule has 2 N–H and O–H groups in total. The van der Waals surface area contributed by atoms with Gasteiger partial charge in [0, 0.05) is 0 Å². The van der Waals surface area contributed by atoms with Gasteiger partial charge in [-0.2, -0.15) is 0 Å². The van der Waals surface area contributed by atoms with E-state index in [1.54, 1.807) is 6.29 Å². The predicted octanol–water partition coefficient (Wildman–Crippen LogP) is 0.664. The number of rotatable bonds is 3. The zero-order chi connectivity index (χ0) is 8.10. The normalized spacial score (nSPS) is 11.4. The maximum absolute atomic E-state index is 10.1. The van der Waals surface area contributed by atoms with E-state index in [1.807, 2.05) is 30.3 Å². The smallest absolute Gasteiger partial charge is 0.540 e. The minimum atomic E-state index is -0.489. The second-order valence-electron chi connectivity index (χ2n) is 2.41. The maximum atomic E-state index is 10.1. The third-order valence-corrected chi connectivity index (χ3v) is 1.45. The van der Waals surface area contributed by atoms with Crippen molar-refractivity contribution in [2.45, 2.75) is 12.5 Å². The molecule has 0 radical (unpaired) electrons. The molecule has 1 atom stereocenters. The predicted molar refractivity (Wildman–Crippen MR) is 43.8 cm³/mol. The van der Waals surface area contributed by atoms with E-state index in [0.717, 1.165) is 5.56 Å². The molecule has 68 valence electrons. The van der Waals surface area contributed by atoms with Crippen molar-refractivity contribution in [1.29, 1.82) is 0 Å². The Morgan fingerprint density at radius 3 is 2.42 bits per heavy atom. The Bertz CT molecular complexity index is 225. The molecule has 0 spiro atoms. The van der Waals surface area contributed by atoms with Crippen molar-refractivity contribution < 1.29 is 21.9 Å². The third kappa shape index (κ3) is 3.67. The van der Waals surface area contributed by atoms with Crippen molar-refractivity contribution in [3.05, 3.63) is 35.9 Å². The van der Waals surface area contributed by atoms with Crippen LogP contribution >= 0.6 is 0 Å². The first-order valence-electron chi connectivity index (χ1n) is 3.50. The van der Waals surface area contributed by atoms with Crippen LogP contribution in [0, 0.1) is 0 Å². The van der Waals surface area contributed by atoms with Gasteiger partial charge < -0.3 is 10.5 Å². The monoisotopic (exact) mass is 211 g/mol. The summed E-state index contributed by atoms with van der Waals surface area (Å²) in [6.07, 6.45) is 2.31. The fraction of sp³-hybridized carbons (Fsp3) is 0.222. The second kappa shape index (κ2) is 5.95. The molecule has 0 aliphatic carbocycles. The van der Waals surface area contributed by atoms with E-state index in [9.17, 15) is 4.79 Å². The fourth-order valence-electron chi connectivity index (χ4n) is 0.910. The maximum Gasteiger partial charge on any atom is 1.00 e. The van der Waals surface area contributed by atoms with Crippen molar-refractivity contribution in [1.82, 2.24) is 0 Å². The van der Waals surface area contributed by atoms with Gasteiger partial charge in [-0.05, 0) is 12.0 Å². The first-order valence-corrected chi connectivity index (χ1v) is 3.50. The van der Waals surface area contributed by atoms with Crippen molar-refractivity contribution in [3.8, 4) is 0 Å². The van der Waals surface area contributed by atoms with Gasteiger partial charge in [-0.15, -0.1) is 0 Å². The van der Waals surface area contributed by atoms with E-state index < -0.39 is 6.04 Å². The molecule has 0 amide bonds. The van der Waals surface area contributed by atoms with Crippen LogP contribution in [0.5, 0.6) is 0 Å². The molecule has 0 aliphatic heterocycles. The number of nitrogens with two attached hydrogens (primary N) is 1. The topological polar surface area (TPSA) is 43.1 Å². The molecule has 1 aromatic rings. The minimum Gasteiger partial charge on any atom is -0.540 e. The van der Waals surface area contributed by atoms with Crippen LogP contribution in [-0.4, -0.2) is 12.3 Å². The first kappa shape index (κ1) is 11.4. The van der Waals surface area contributed by atoms with Gasteiger partial charge in [-0.3, -0.25) is 0 Å². The van der Waals surface area contributed by atoms with Crippen molar-refractivity contribution >= 4 is 6.29 Å². The molecule has 12 heavy (non-hydrogen) atoms. The Kier molecular flexibility index (Phi) is 5.64. The summed E-state index contributed by atoms with van der Waals surface area (Å²) in [6, 6.07) is 9.17. The summed E-state index contributed by atoms with van der Waals surface area (Å²) in [5.41, 5.74) is 6.45. The Morgan fingerprint density at radius 1 is 1.33 bits per heavy atom. The molecule has 0 bridgehead atoms. The molecule has 0 heterocycles. The van der Waals surface area contributed by atoms with Gasteiger partial charge >= 0.3 is 17.1 Å². The Hall–Kier alpha value is -0.631.